The second-order valence-corrected chi connectivity index (χ2v) is 6.90. The van der Waals surface area contributed by atoms with Crippen molar-refractivity contribution < 1.29 is 8.42 Å². The van der Waals surface area contributed by atoms with E-state index in [9.17, 15) is 8.42 Å². The number of rotatable bonds is 7. The van der Waals surface area contributed by atoms with Gasteiger partial charge in [0, 0.05) is 31.5 Å². The molecule has 1 heterocycles. The molecule has 6 heteroatoms. The van der Waals surface area contributed by atoms with E-state index in [1.54, 1.807) is 31.5 Å². The minimum absolute atomic E-state index is 0.318. The number of sulfonamides is 1. The monoisotopic (exact) mass is 269 g/mol. The van der Waals surface area contributed by atoms with Gasteiger partial charge in [-0.2, -0.15) is 0 Å². The summed E-state index contributed by atoms with van der Waals surface area (Å²) in [5.41, 5.74) is 0.913. The molecule has 1 aliphatic rings. The first-order valence-electron chi connectivity index (χ1n) is 6.19. The zero-order chi connectivity index (χ0) is 13.0. The molecule has 0 spiro atoms. The van der Waals surface area contributed by atoms with E-state index in [0.29, 0.717) is 19.1 Å². The van der Waals surface area contributed by atoms with Gasteiger partial charge in [0.25, 0.3) is 0 Å². The van der Waals surface area contributed by atoms with Crippen LogP contribution in [0.25, 0.3) is 0 Å². The predicted molar refractivity (Wildman–Crippen MR) is 70.5 cm³/mol. The number of hydrogen-bond donors (Lipinski definition) is 2. The van der Waals surface area contributed by atoms with E-state index in [1.165, 1.54) is 0 Å². The van der Waals surface area contributed by atoms with Gasteiger partial charge in [-0.15, -0.1) is 0 Å². The summed E-state index contributed by atoms with van der Waals surface area (Å²) in [6.45, 7) is 2.55. The lowest BCUT2D eigenvalue weighted by Gasteiger charge is -2.14. The quantitative estimate of drug-likeness (QED) is 0.762. The molecule has 0 aliphatic heterocycles. The van der Waals surface area contributed by atoms with Gasteiger partial charge < -0.3 is 5.32 Å². The Hall–Kier alpha value is -0.980. The van der Waals surface area contributed by atoms with Crippen LogP contribution in [0.1, 0.15) is 25.3 Å². The Morgan fingerprint density at radius 3 is 2.67 bits per heavy atom. The van der Waals surface area contributed by atoms with Crippen LogP contribution in [0.2, 0.25) is 0 Å². The molecular formula is C12H19N3O2S. The maximum absolute atomic E-state index is 12.0. The molecule has 1 aromatic heterocycles. The fourth-order valence-corrected chi connectivity index (χ4v) is 2.52. The zero-order valence-corrected chi connectivity index (χ0v) is 11.3. The van der Waals surface area contributed by atoms with Crippen molar-refractivity contribution in [3.05, 3.63) is 30.1 Å². The number of pyridine rings is 1. The van der Waals surface area contributed by atoms with Gasteiger partial charge in [0.2, 0.25) is 10.0 Å². The summed E-state index contributed by atoms with van der Waals surface area (Å²) in [5, 5.41) is 2.81. The first-order chi connectivity index (χ1) is 8.58. The average molecular weight is 269 g/mol. The summed E-state index contributed by atoms with van der Waals surface area (Å²) in [5.74, 6) is 0. The lowest BCUT2D eigenvalue weighted by molar-refractivity contribution is 0.557. The second-order valence-electron chi connectivity index (χ2n) is 4.71. The van der Waals surface area contributed by atoms with Crippen LogP contribution in [-0.2, 0) is 16.6 Å². The van der Waals surface area contributed by atoms with Crippen molar-refractivity contribution in [2.24, 2.45) is 0 Å². The van der Waals surface area contributed by atoms with Crippen molar-refractivity contribution in [1.82, 2.24) is 15.0 Å². The molecule has 0 radical (unpaired) electrons. The molecule has 18 heavy (non-hydrogen) atoms. The number of nitrogens with one attached hydrogen (secondary N) is 2. The van der Waals surface area contributed by atoms with E-state index in [2.05, 4.69) is 15.0 Å². The maximum atomic E-state index is 12.0. The summed E-state index contributed by atoms with van der Waals surface area (Å²) < 4.78 is 26.6. The summed E-state index contributed by atoms with van der Waals surface area (Å²) >= 11 is 0. The highest BCUT2D eigenvalue weighted by Crippen LogP contribution is 2.18. The van der Waals surface area contributed by atoms with Crippen LogP contribution in [-0.4, -0.2) is 31.2 Å². The summed E-state index contributed by atoms with van der Waals surface area (Å²) in [7, 11) is -3.26. The Balaban J connectivity index is 1.82. The Morgan fingerprint density at radius 2 is 2.06 bits per heavy atom. The van der Waals surface area contributed by atoms with Crippen molar-refractivity contribution in [3.8, 4) is 0 Å². The predicted octanol–water partition coefficient (Wildman–Crippen LogP) is 0.642. The van der Waals surface area contributed by atoms with Crippen molar-refractivity contribution in [3.63, 3.8) is 0 Å². The summed E-state index contributed by atoms with van der Waals surface area (Å²) in [6.07, 6.45) is 5.64. The lowest BCUT2D eigenvalue weighted by Crippen LogP contribution is -2.39. The van der Waals surface area contributed by atoms with E-state index in [4.69, 9.17) is 0 Å². The van der Waals surface area contributed by atoms with E-state index in [0.717, 1.165) is 18.4 Å². The Kier molecular flexibility index (Phi) is 4.31. The molecule has 100 valence electrons. The molecule has 1 aromatic rings. The van der Waals surface area contributed by atoms with Crippen LogP contribution in [0.3, 0.4) is 0 Å². The molecule has 1 unspecified atom stereocenters. The Bertz CT molecular complexity index is 471. The van der Waals surface area contributed by atoms with Crippen LogP contribution in [0.5, 0.6) is 0 Å². The first kappa shape index (κ1) is 13.5. The molecule has 0 amide bonds. The van der Waals surface area contributed by atoms with Crippen molar-refractivity contribution >= 4 is 10.0 Å². The SMILES string of the molecule is CC(CNC1CC1)S(=O)(=O)NCc1ccncc1. The van der Waals surface area contributed by atoms with Gasteiger partial charge in [-0.25, -0.2) is 13.1 Å². The minimum Gasteiger partial charge on any atom is -0.313 e. The van der Waals surface area contributed by atoms with Crippen molar-refractivity contribution in [1.29, 1.82) is 0 Å². The van der Waals surface area contributed by atoms with E-state index < -0.39 is 15.3 Å². The zero-order valence-electron chi connectivity index (χ0n) is 10.5. The van der Waals surface area contributed by atoms with Crippen LogP contribution in [0.15, 0.2) is 24.5 Å². The second kappa shape index (κ2) is 5.77. The maximum Gasteiger partial charge on any atom is 0.215 e. The van der Waals surface area contributed by atoms with Crippen LogP contribution >= 0.6 is 0 Å². The van der Waals surface area contributed by atoms with Crippen LogP contribution in [0, 0.1) is 0 Å². The molecular weight excluding hydrogens is 250 g/mol. The molecule has 1 saturated carbocycles. The number of hydrogen-bond acceptors (Lipinski definition) is 4. The molecule has 0 aromatic carbocycles. The fraction of sp³-hybridized carbons (Fsp3) is 0.583. The van der Waals surface area contributed by atoms with Gasteiger partial charge in [0.15, 0.2) is 0 Å². The molecule has 2 N–H and O–H groups in total. The third kappa shape index (κ3) is 4.04. The number of nitrogens with zero attached hydrogens (tertiary/aromatic N) is 1. The fourth-order valence-electron chi connectivity index (χ4n) is 1.56. The van der Waals surface area contributed by atoms with Gasteiger partial charge in [-0.05, 0) is 37.5 Å². The summed E-state index contributed by atoms with van der Waals surface area (Å²) in [6, 6.07) is 4.13. The average Bonchev–Trinajstić information content (AvgIpc) is 3.19. The highest BCUT2D eigenvalue weighted by molar-refractivity contribution is 7.90. The lowest BCUT2D eigenvalue weighted by atomic mass is 10.3. The van der Waals surface area contributed by atoms with Gasteiger partial charge >= 0.3 is 0 Å². The van der Waals surface area contributed by atoms with Gasteiger partial charge in [0.1, 0.15) is 0 Å². The Labute approximate surface area is 108 Å². The molecule has 2 rings (SSSR count). The highest BCUT2D eigenvalue weighted by atomic mass is 32.2. The topological polar surface area (TPSA) is 71.1 Å². The molecule has 1 aliphatic carbocycles. The minimum atomic E-state index is -3.26. The van der Waals surface area contributed by atoms with Gasteiger partial charge in [0.05, 0.1) is 5.25 Å². The smallest absolute Gasteiger partial charge is 0.215 e. The largest absolute Gasteiger partial charge is 0.313 e. The van der Waals surface area contributed by atoms with Crippen molar-refractivity contribution in [2.75, 3.05) is 6.54 Å². The molecule has 1 fully saturated rings. The van der Waals surface area contributed by atoms with Gasteiger partial charge in [-0.3, -0.25) is 4.98 Å². The van der Waals surface area contributed by atoms with E-state index in [1.807, 2.05) is 0 Å². The first-order valence-corrected chi connectivity index (χ1v) is 7.73. The molecule has 1 atom stereocenters. The Morgan fingerprint density at radius 1 is 1.39 bits per heavy atom. The third-order valence-corrected chi connectivity index (χ3v) is 4.80. The number of aromatic nitrogens is 1. The standard InChI is InChI=1S/C12H19N3O2S/c1-10(8-14-12-2-3-12)18(16,17)15-9-11-4-6-13-7-5-11/h4-7,10,12,14-15H,2-3,8-9H2,1H3. The normalized spacial score (nSPS) is 17.6. The summed E-state index contributed by atoms with van der Waals surface area (Å²) in [4.78, 5) is 3.89. The highest BCUT2D eigenvalue weighted by Gasteiger charge is 2.25. The van der Waals surface area contributed by atoms with Crippen molar-refractivity contribution in [2.45, 2.75) is 37.6 Å². The molecule has 0 bridgehead atoms. The van der Waals surface area contributed by atoms with Gasteiger partial charge in [-0.1, -0.05) is 0 Å². The molecule has 5 nitrogen and oxygen atoms in total. The van der Waals surface area contributed by atoms with Crippen LogP contribution < -0.4 is 10.0 Å². The van der Waals surface area contributed by atoms with E-state index in [-0.39, 0.29) is 0 Å². The van der Waals surface area contributed by atoms with E-state index >= 15 is 0 Å². The van der Waals surface area contributed by atoms with Crippen LogP contribution in [0.4, 0.5) is 0 Å². The molecule has 0 saturated heterocycles. The third-order valence-electron chi connectivity index (χ3n) is 3.03.